The molecule has 1 aliphatic heterocycles. The zero-order valence-electron chi connectivity index (χ0n) is 15.2. The van der Waals surface area contributed by atoms with Crippen molar-refractivity contribution in [1.29, 1.82) is 0 Å². The van der Waals surface area contributed by atoms with E-state index in [2.05, 4.69) is 0 Å². The van der Waals surface area contributed by atoms with Gasteiger partial charge in [-0.25, -0.2) is 0 Å². The highest BCUT2D eigenvalue weighted by Crippen LogP contribution is 2.40. The van der Waals surface area contributed by atoms with E-state index in [9.17, 15) is 19.2 Å². The Morgan fingerprint density at radius 2 is 1.64 bits per heavy atom. The van der Waals surface area contributed by atoms with E-state index >= 15 is 0 Å². The van der Waals surface area contributed by atoms with Gasteiger partial charge in [-0.2, -0.15) is 0 Å². The fourth-order valence-electron chi connectivity index (χ4n) is 2.85. The Hall–Kier alpha value is -2.50. The fourth-order valence-corrected chi connectivity index (χ4v) is 2.85. The summed E-state index contributed by atoms with van der Waals surface area (Å²) in [4.78, 5) is 51.3. The van der Waals surface area contributed by atoms with Crippen LogP contribution in [0.4, 0.5) is 5.69 Å². The first-order valence-corrected chi connectivity index (χ1v) is 8.15. The van der Waals surface area contributed by atoms with Crippen molar-refractivity contribution in [1.82, 2.24) is 0 Å². The molecule has 0 radical (unpaired) electrons. The van der Waals surface area contributed by atoms with Crippen molar-refractivity contribution >= 4 is 29.3 Å². The molecule has 0 bridgehead atoms. The number of nitrogens with zero attached hydrogens (tertiary/aromatic N) is 1. The summed E-state index contributed by atoms with van der Waals surface area (Å²) < 4.78 is 5.36. The molecule has 1 aromatic rings. The summed E-state index contributed by atoms with van der Waals surface area (Å²) in [5.41, 5.74) is -2.09. The van der Waals surface area contributed by atoms with Crippen LogP contribution in [0.3, 0.4) is 0 Å². The number of rotatable bonds is 4. The maximum Gasteiger partial charge on any atom is 0.320 e. The lowest BCUT2D eigenvalue weighted by Crippen LogP contribution is -2.48. The van der Waals surface area contributed by atoms with E-state index in [1.807, 2.05) is 0 Å². The van der Waals surface area contributed by atoms with Gasteiger partial charge < -0.3 is 4.74 Å². The normalized spacial score (nSPS) is 20.4. The number of ketones is 1. The minimum Gasteiger partial charge on any atom is -0.459 e. The highest BCUT2D eigenvalue weighted by atomic mass is 16.6. The maximum atomic E-state index is 12.9. The molecule has 2 atom stereocenters. The molecule has 0 unspecified atom stereocenters. The largest absolute Gasteiger partial charge is 0.459 e. The second-order valence-electron chi connectivity index (χ2n) is 7.42. The third-order valence-electron chi connectivity index (χ3n) is 4.41. The van der Waals surface area contributed by atoms with Gasteiger partial charge in [-0.05, 0) is 46.8 Å². The molecule has 1 heterocycles. The van der Waals surface area contributed by atoms with Crippen molar-refractivity contribution < 1.29 is 23.9 Å². The van der Waals surface area contributed by atoms with Crippen LogP contribution in [0.25, 0.3) is 0 Å². The van der Waals surface area contributed by atoms with E-state index in [-0.39, 0.29) is 6.42 Å². The quantitative estimate of drug-likeness (QED) is 0.476. The lowest BCUT2D eigenvalue weighted by atomic mass is 9.73. The molecule has 1 saturated heterocycles. The van der Waals surface area contributed by atoms with E-state index in [0.29, 0.717) is 5.69 Å². The number of anilines is 1. The number of imide groups is 1. The number of hydrogen-bond donors (Lipinski definition) is 0. The van der Waals surface area contributed by atoms with Gasteiger partial charge in [0.15, 0.2) is 0 Å². The van der Waals surface area contributed by atoms with Gasteiger partial charge in [0, 0.05) is 6.42 Å². The van der Waals surface area contributed by atoms with E-state index in [4.69, 9.17) is 4.74 Å². The van der Waals surface area contributed by atoms with E-state index in [0.717, 1.165) is 4.90 Å². The summed E-state index contributed by atoms with van der Waals surface area (Å²) in [6.45, 7) is 7.68. The molecule has 0 aromatic heterocycles. The fraction of sp³-hybridized carbons (Fsp3) is 0.474. The number of ether oxygens (including phenoxy) is 1. The Morgan fingerprint density at radius 3 is 2.12 bits per heavy atom. The smallest absolute Gasteiger partial charge is 0.320 e. The van der Waals surface area contributed by atoms with Gasteiger partial charge in [0.2, 0.25) is 11.8 Å². The van der Waals surface area contributed by atoms with Crippen LogP contribution in [0.2, 0.25) is 0 Å². The zero-order chi connectivity index (χ0) is 19.0. The molecule has 1 aliphatic rings. The van der Waals surface area contributed by atoms with Gasteiger partial charge >= 0.3 is 5.97 Å². The Bertz CT molecular complexity index is 719. The van der Waals surface area contributed by atoms with Crippen LogP contribution in [-0.4, -0.2) is 29.2 Å². The number of carbonyl (C=O) groups is 4. The lowest BCUT2D eigenvalue weighted by Gasteiger charge is -2.32. The van der Waals surface area contributed by atoms with Crippen LogP contribution in [-0.2, 0) is 23.9 Å². The summed E-state index contributed by atoms with van der Waals surface area (Å²) in [6.07, 6.45) is -0.205. The standard InChI is InChI=1S/C19H23NO5/c1-12(21)19(5,17(24)25-18(2,3)4)14-11-15(22)20(16(14)23)13-9-7-6-8-10-13/h6-10,14H,11H2,1-5H3/t14-,19+/m1/s1. The zero-order valence-corrected chi connectivity index (χ0v) is 15.2. The number of esters is 1. The predicted octanol–water partition coefficient (Wildman–Crippen LogP) is 2.50. The highest BCUT2D eigenvalue weighted by molar-refractivity contribution is 6.24. The monoisotopic (exact) mass is 345 g/mol. The van der Waals surface area contributed by atoms with Crippen molar-refractivity contribution in [3.8, 4) is 0 Å². The molecule has 6 nitrogen and oxygen atoms in total. The molecule has 1 aromatic carbocycles. The van der Waals surface area contributed by atoms with Gasteiger partial charge in [-0.3, -0.25) is 24.1 Å². The molecule has 0 spiro atoms. The molecule has 0 aliphatic carbocycles. The summed E-state index contributed by atoms with van der Waals surface area (Å²) in [7, 11) is 0. The van der Waals surface area contributed by atoms with Crippen LogP contribution < -0.4 is 4.90 Å². The summed E-state index contributed by atoms with van der Waals surface area (Å²) in [5, 5.41) is 0. The van der Waals surface area contributed by atoms with Gasteiger partial charge in [-0.1, -0.05) is 18.2 Å². The van der Waals surface area contributed by atoms with Crippen LogP contribution in [0.5, 0.6) is 0 Å². The van der Waals surface area contributed by atoms with Gasteiger partial charge in [0.1, 0.15) is 16.8 Å². The molecule has 134 valence electrons. The Balaban J connectivity index is 2.40. The number of hydrogen-bond acceptors (Lipinski definition) is 5. The lowest BCUT2D eigenvalue weighted by molar-refractivity contribution is -0.173. The highest BCUT2D eigenvalue weighted by Gasteiger charge is 2.57. The third-order valence-corrected chi connectivity index (χ3v) is 4.41. The maximum absolute atomic E-state index is 12.9. The number of amides is 2. The summed E-state index contributed by atoms with van der Waals surface area (Å²) in [6, 6.07) is 8.46. The Kier molecular flexibility index (Phi) is 4.84. The van der Waals surface area contributed by atoms with Crippen LogP contribution in [0, 0.1) is 11.3 Å². The number of benzene rings is 1. The molecule has 25 heavy (non-hydrogen) atoms. The number of Topliss-reactive ketones (excluding diaryl/α,β-unsaturated/α-hetero) is 1. The first kappa shape index (κ1) is 18.8. The molecule has 0 N–H and O–H groups in total. The molecule has 1 fully saturated rings. The summed E-state index contributed by atoms with van der Waals surface area (Å²) in [5.74, 6) is -3.35. The molecule has 2 amide bonds. The van der Waals surface area contributed by atoms with E-state index in [1.54, 1.807) is 51.1 Å². The average molecular weight is 345 g/mol. The van der Waals surface area contributed by atoms with Crippen molar-refractivity contribution in [2.45, 2.75) is 46.6 Å². The van der Waals surface area contributed by atoms with Crippen LogP contribution in [0.15, 0.2) is 30.3 Å². The minimum atomic E-state index is -1.70. The Morgan fingerprint density at radius 1 is 1.08 bits per heavy atom. The second kappa shape index (κ2) is 6.43. The number of carbonyl (C=O) groups excluding carboxylic acids is 4. The molecule has 6 heteroatoms. The minimum absolute atomic E-state index is 0.205. The van der Waals surface area contributed by atoms with Crippen molar-refractivity contribution in [3.05, 3.63) is 30.3 Å². The SMILES string of the molecule is CC(=O)[C@](C)(C(=O)OC(C)(C)C)[C@@H]1CC(=O)N(c2ccccc2)C1=O. The van der Waals surface area contributed by atoms with Gasteiger partial charge in [0.05, 0.1) is 11.6 Å². The van der Waals surface area contributed by atoms with Crippen molar-refractivity contribution in [3.63, 3.8) is 0 Å². The Labute approximate surface area is 147 Å². The van der Waals surface area contributed by atoms with E-state index in [1.165, 1.54) is 13.8 Å². The molecular formula is C19H23NO5. The predicted molar refractivity (Wildman–Crippen MR) is 91.7 cm³/mol. The summed E-state index contributed by atoms with van der Waals surface area (Å²) >= 11 is 0. The second-order valence-corrected chi connectivity index (χ2v) is 7.42. The van der Waals surface area contributed by atoms with Crippen molar-refractivity contribution in [2.24, 2.45) is 11.3 Å². The third kappa shape index (κ3) is 3.48. The van der Waals surface area contributed by atoms with Gasteiger partial charge in [-0.15, -0.1) is 0 Å². The van der Waals surface area contributed by atoms with Crippen molar-refractivity contribution in [2.75, 3.05) is 4.90 Å². The van der Waals surface area contributed by atoms with E-state index < -0.39 is 40.5 Å². The molecule has 2 rings (SSSR count). The first-order valence-electron chi connectivity index (χ1n) is 8.15. The van der Waals surface area contributed by atoms with Crippen LogP contribution in [0.1, 0.15) is 41.0 Å². The molecular weight excluding hydrogens is 322 g/mol. The van der Waals surface area contributed by atoms with Gasteiger partial charge in [0.25, 0.3) is 0 Å². The topological polar surface area (TPSA) is 80.8 Å². The molecule has 0 saturated carbocycles. The van der Waals surface area contributed by atoms with Crippen LogP contribution >= 0.6 is 0 Å². The first-order chi connectivity index (χ1) is 11.5. The number of para-hydroxylation sites is 1. The average Bonchev–Trinajstić information content (AvgIpc) is 2.80.